The summed E-state index contributed by atoms with van der Waals surface area (Å²) in [6.07, 6.45) is 0. The zero-order chi connectivity index (χ0) is 29.5. The Kier molecular flexibility index (Phi) is 6.75. The van der Waals surface area contributed by atoms with Gasteiger partial charge in [0.2, 0.25) is 0 Å². The highest BCUT2D eigenvalue weighted by atomic mass is 35.5. The third-order valence-electron chi connectivity index (χ3n) is 7.97. The first-order valence-corrected chi connectivity index (χ1v) is 15.7. The molecule has 0 aliphatic carbocycles. The van der Waals surface area contributed by atoms with E-state index in [1.807, 2.05) is 30.3 Å². The maximum absolute atomic E-state index is 6.88. The smallest absolute Gasteiger partial charge is 0.137 e. The molecule has 6 aromatic carbocycles. The van der Waals surface area contributed by atoms with Crippen molar-refractivity contribution in [1.29, 1.82) is 0 Å². The standard InChI is InChI=1S/C40H26ClNOS/c41-35-25-31(26-37-40(35)34-16-7-8-17-36(34)43-37)30-14-9-15-33(24-30)42(39-23-22-38(44-39)29-12-5-2-6-13-29)32-20-18-28(19-21-32)27-10-3-1-4-11-27/h1-26H. The number of thiophene rings is 1. The molecule has 0 radical (unpaired) electrons. The molecule has 0 saturated carbocycles. The van der Waals surface area contributed by atoms with E-state index in [1.54, 1.807) is 11.3 Å². The normalized spacial score (nSPS) is 11.3. The van der Waals surface area contributed by atoms with Crippen LogP contribution in [0.1, 0.15) is 0 Å². The van der Waals surface area contributed by atoms with Crippen molar-refractivity contribution in [3.8, 4) is 32.7 Å². The van der Waals surface area contributed by atoms with Crippen molar-refractivity contribution >= 4 is 61.3 Å². The van der Waals surface area contributed by atoms with Gasteiger partial charge in [0.15, 0.2) is 0 Å². The van der Waals surface area contributed by atoms with Crippen molar-refractivity contribution in [2.45, 2.75) is 0 Å². The lowest BCUT2D eigenvalue weighted by Gasteiger charge is -2.24. The minimum atomic E-state index is 0.687. The predicted octanol–water partition coefficient (Wildman–Crippen LogP) is 12.8. The number of rotatable bonds is 6. The van der Waals surface area contributed by atoms with Crippen LogP contribution in [0.4, 0.5) is 16.4 Å². The highest BCUT2D eigenvalue weighted by molar-refractivity contribution is 7.19. The highest BCUT2D eigenvalue weighted by Gasteiger charge is 2.18. The molecule has 44 heavy (non-hydrogen) atoms. The summed E-state index contributed by atoms with van der Waals surface area (Å²) in [5, 5.41) is 3.81. The number of fused-ring (bicyclic) bond motifs is 3. The second kappa shape index (κ2) is 11.2. The molecule has 0 bridgehead atoms. The molecule has 0 fully saturated rings. The molecular weight excluding hydrogens is 578 g/mol. The van der Waals surface area contributed by atoms with Crippen molar-refractivity contribution in [3.05, 3.63) is 163 Å². The lowest BCUT2D eigenvalue weighted by Crippen LogP contribution is -2.08. The highest BCUT2D eigenvalue weighted by Crippen LogP contribution is 2.44. The van der Waals surface area contributed by atoms with E-state index in [0.29, 0.717) is 5.02 Å². The first-order chi connectivity index (χ1) is 21.7. The molecule has 8 rings (SSSR count). The van der Waals surface area contributed by atoms with Crippen LogP contribution in [-0.4, -0.2) is 0 Å². The van der Waals surface area contributed by atoms with E-state index < -0.39 is 0 Å². The molecule has 8 aromatic rings. The third-order valence-corrected chi connectivity index (χ3v) is 9.39. The van der Waals surface area contributed by atoms with Gasteiger partial charge in [-0.15, -0.1) is 11.3 Å². The Bertz CT molecular complexity index is 2230. The van der Waals surface area contributed by atoms with Gasteiger partial charge in [-0.2, -0.15) is 0 Å². The summed E-state index contributed by atoms with van der Waals surface area (Å²) in [7, 11) is 0. The minimum absolute atomic E-state index is 0.687. The monoisotopic (exact) mass is 603 g/mol. The first kappa shape index (κ1) is 26.5. The molecule has 0 aliphatic rings. The van der Waals surface area contributed by atoms with Gasteiger partial charge < -0.3 is 9.32 Å². The number of benzene rings is 6. The van der Waals surface area contributed by atoms with Crippen molar-refractivity contribution in [2.24, 2.45) is 0 Å². The maximum atomic E-state index is 6.88. The van der Waals surface area contributed by atoms with Crippen LogP contribution in [0.25, 0.3) is 54.6 Å². The fourth-order valence-corrected chi connectivity index (χ4v) is 7.20. The summed E-state index contributed by atoms with van der Waals surface area (Å²) in [6.45, 7) is 0. The summed E-state index contributed by atoms with van der Waals surface area (Å²) < 4.78 is 6.21. The number of anilines is 3. The molecule has 4 heteroatoms. The van der Waals surface area contributed by atoms with Gasteiger partial charge in [-0.25, -0.2) is 0 Å². The lowest BCUT2D eigenvalue weighted by atomic mass is 10.0. The largest absolute Gasteiger partial charge is 0.456 e. The Morgan fingerprint density at radius 2 is 1.16 bits per heavy atom. The van der Waals surface area contributed by atoms with Gasteiger partial charge in [0, 0.05) is 27.0 Å². The van der Waals surface area contributed by atoms with Crippen LogP contribution in [0.15, 0.2) is 162 Å². The van der Waals surface area contributed by atoms with Crippen LogP contribution in [0.2, 0.25) is 5.02 Å². The number of para-hydroxylation sites is 1. The molecule has 0 unspecified atom stereocenters. The Balaban J connectivity index is 1.24. The van der Waals surface area contributed by atoms with Crippen LogP contribution in [0, 0.1) is 0 Å². The molecule has 0 aliphatic heterocycles. The Labute approximate surface area is 265 Å². The number of hydrogen-bond acceptors (Lipinski definition) is 3. The van der Waals surface area contributed by atoms with Gasteiger partial charge in [0.25, 0.3) is 0 Å². The quantitative estimate of drug-likeness (QED) is 0.188. The predicted molar refractivity (Wildman–Crippen MR) is 188 cm³/mol. The molecule has 2 aromatic heterocycles. The zero-order valence-electron chi connectivity index (χ0n) is 23.7. The Hall–Kier alpha value is -5.09. The van der Waals surface area contributed by atoms with E-state index in [1.165, 1.54) is 21.6 Å². The average Bonchev–Trinajstić information content (AvgIpc) is 3.72. The SMILES string of the molecule is Clc1cc(-c2cccc(N(c3ccc(-c4ccccc4)cc3)c3ccc(-c4ccccc4)s3)c2)cc2oc3ccccc3c12. The molecule has 0 atom stereocenters. The van der Waals surface area contributed by atoms with E-state index in [9.17, 15) is 0 Å². The van der Waals surface area contributed by atoms with Gasteiger partial charge in [0.05, 0.1) is 5.02 Å². The van der Waals surface area contributed by atoms with Gasteiger partial charge in [0.1, 0.15) is 16.2 Å². The van der Waals surface area contributed by atoms with Crippen LogP contribution in [0.3, 0.4) is 0 Å². The van der Waals surface area contributed by atoms with Gasteiger partial charge in [-0.05, 0) is 82.4 Å². The van der Waals surface area contributed by atoms with E-state index in [-0.39, 0.29) is 0 Å². The molecule has 0 amide bonds. The third kappa shape index (κ3) is 4.87. The van der Waals surface area contributed by atoms with Gasteiger partial charge >= 0.3 is 0 Å². The molecule has 2 nitrogen and oxygen atoms in total. The van der Waals surface area contributed by atoms with Crippen molar-refractivity contribution in [3.63, 3.8) is 0 Å². The van der Waals surface area contributed by atoms with E-state index >= 15 is 0 Å². The van der Waals surface area contributed by atoms with Crippen molar-refractivity contribution < 1.29 is 4.42 Å². The molecule has 0 spiro atoms. The summed E-state index contributed by atoms with van der Waals surface area (Å²) in [5.41, 5.74) is 9.47. The molecule has 0 saturated heterocycles. The van der Waals surface area contributed by atoms with Crippen molar-refractivity contribution in [1.82, 2.24) is 0 Å². The van der Waals surface area contributed by atoms with Gasteiger partial charge in [-0.3, -0.25) is 0 Å². The lowest BCUT2D eigenvalue weighted by molar-refractivity contribution is 0.669. The van der Waals surface area contributed by atoms with Crippen LogP contribution < -0.4 is 4.90 Å². The van der Waals surface area contributed by atoms with Crippen LogP contribution >= 0.6 is 22.9 Å². The Morgan fingerprint density at radius 3 is 1.95 bits per heavy atom. The fraction of sp³-hybridized carbons (Fsp3) is 0. The van der Waals surface area contributed by atoms with Gasteiger partial charge in [-0.1, -0.05) is 115 Å². The molecular formula is C40H26ClNOS. The topological polar surface area (TPSA) is 16.4 Å². The summed E-state index contributed by atoms with van der Waals surface area (Å²) in [6, 6.07) is 55.1. The minimum Gasteiger partial charge on any atom is -0.456 e. The molecule has 2 heterocycles. The number of hydrogen-bond donors (Lipinski definition) is 0. The van der Waals surface area contributed by atoms with Crippen LogP contribution in [0.5, 0.6) is 0 Å². The first-order valence-electron chi connectivity index (χ1n) is 14.5. The molecule has 210 valence electrons. The fourth-order valence-electron chi connectivity index (χ4n) is 5.84. The maximum Gasteiger partial charge on any atom is 0.137 e. The number of furan rings is 1. The molecule has 0 N–H and O–H groups in total. The van der Waals surface area contributed by atoms with E-state index in [4.69, 9.17) is 16.0 Å². The summed E-state index contributed by atoms with van der Waals surface area (Å²) in [5.74, 6) is 0. The summed E-state index contributed by atoms with van der Waals surface area (Å²) >= 11 is 8.67. The second-order valence-corrected chi connectivity index (χ2v) is 12.2. The van der Waals surface area contributed by atoms with E-state index in [0.717, 1.165) is 49.4 Å². The summed E-state index contributed by atoms with van der Waals surface area (Å²) in [4.78, 5) is 3.56. The van der Waals surface area contributed by atoms with E-state index in [2.05, 4.69) is 132 Å². The number of halogens is 1. The second-order valence-electron chi connectivity index (χ2n) is 10.7. The zero-order valence-corrected chi connectivity index (χ0v) is 25.2. The number of nitrogens with zero attached hydrogens (tertiary/aromatic N) is 1. The van der Waals surface area contributed by atoms with Crippen molar-refractivity contribution in [2.75, 3.05) is 4.90 Å². The average molecular weight is 604 g/mol. The Morgan fingerprint density at radius 1 is 0.477 bits per heavy atom. The van der Waals surface area contributed by atoms with Crippen LogP contribution in [-0.2, 0) is 0 Å².